The molecule has 0 bridgehead atoms. The molecule has 0 saturated carbocycles. The van der Waals surface area contributed by atoms with Crippen molar-refractivity contribution in [3.63, 3.8) is 0 Å². The topological polar surface area (TPSA) is 35.3 Å². The molecule has 0 fully saturated rings. The van der Waals surface area contributed by atoms with E-state index >= 15 is 0 Å². The van der Waals surface area contributed by atoms with Gasteiger partial charge in [0.2, 0.25) is 0 Å². The number of aryl methyl sites for hydroxylation is 1. The smallest absolute Gasteiger partial charge is 0.263 e. The van der Waals surface area contributed by atoms with Gasteiger partial charge in [0.05, 0.1) is 5.39 Å². The molecule has 3 heteroatoms. The van der Waals surface area contributed by atoms with Crippen molar-refractivity contribution < 1.29 is 9.26 Å². The first-order valence-corrected chi connectivity index (χ1v) is 4.24. The fourth-order valence-electron chi connectivity index (χ4n) is 1.29. The molecule has 0 amide bonds. The van der Waals surface area contributed by atoms with Gasteiger partial charge in [-0.05, 0) is 23.7 Å². The first-order chi connectivity index (χ1) is 6.83. The van der Waals surface area contributed by atoms with Crippen LogP contribution in [0.4, 0.5) is 0 Å². The summed E-state index contributed by atoms with van der Waals surface area (Å²) in [6.45, 7) is 2.16. The van der Waals surface area contributed by atoms with Crippen molar-refractivity contribution in [3.05, 3.63) is 23.8 Å². The van der Waals surface area contributed by atoms with E-state index in [-0.39, 0.29) is 6.61 Å². The number of fused-ring (bicyclic) bond motifs is 1. The number of aromatic nitrogens is 1. The second-order valence-electron chi connectivity index (χ2n) is 2.93. The molecule has 1 aromatic carbocycles. The molecule has 3 nitrogen and oxygen atoms in total. The first-order valence-electron chi connectivity index (χ1n) is 4.24. The molecular formula is C11H9NO2. The highest BCUT2D eigenvalue weighted by atomic mass is 16.5. The number of ether oxygens (including phenoxy) is 1. The molecule has 1 aromatic heterocycles. The number of hydrogen-bond donors (Lipinski definition) is 0. The molecule has 14 heavy (non-hydrogen) atoms. The van der Waals surface area contributed by atoms with Gasteiger partial charge in [0, 0.05) is 0 Å². The fourth-order valence-corrected chi connectivity index (χ4v) is 1.29. The van der Waals surface area contributed by atoms with Gasteiger partial charge in [-0.25, -0.2) is 0 Å². The molecule has 0 aliphatic rings. The van der Waals surface area contributed by atoms with E-state index in [1.807, 2.05) is 25.1 Å². The van der Waals surface area contributed by atoms with Crippen LogP contribution in [0.2, 0.25) is 0 Å². The Balaban J connectivity index is 2.48. The molecule has 0 radical (unpaired) electrons. The minimum absolute atomic E-state index is 0.204. The standard InChI is InChI=1S/C11H9NO2/c1-3-7-13-11-9-6-4-5-8(2)10(9)14-12-11/h1,4-6H,7H2,2H3. The van der Waals surface area contributed by atoms with E-state index in [1.165, 1.54) is 0 Å². The predicted molar refractivity (Wildman–Crippen MR) is 53.1 cm³/mol. The van der Waals surface area contributed by atoms with Crippen LogP contribution in [0.3, 0.4) is 0 Å². The molecule has 2 aromatic rings. The summed E-state index contributed by atoms with van der Waals surface area (Å²) in [6.07, 6.45) is 5.09. The van der Waals surface area contributed by atoms with Crippen molar-refractivity contribution in [2.24, 2.45) is 0 Å². The van der Waals surface area contributed by atoms with Crippen molar-refractivity contribution in [1.29, 1.82) is 0 Å². The van der Waals surface area contributed by atoms with Gasteiger partial charge in [-0.3, -0.25) is 0 Å². The number of hydrogen-bond acceptors (Lipinski definition) is 3. The van der Waals surface area contributed by atoms with Gasteiger partial charge in [-0.15, -0.1) is 6.42 Å². The van der Waals surface area contributed by atoms with Crippen LogP contribution in [0.1, 0.15) is 5.56 Å². The van der Waals surface area contributed by atoms with Crippen LogP contribution in [0, 0.1) is 19.3 Å². The normalized spacial score (nSPS) is 10.0. The average Bonchev–Trinajstić information content (AvgIpc) is 2.60. The molecule has 70 valence electrons. The van der Waals surface area contributed by atoms with Crippen LogP contribution in [0.15, 0.2) is 22.7 Å². The number of rotatable bonds is 2. The number of benzene rings is 1. The zero-order valence-corrected chi connectivity index (χ0v) is 7.78. The number of para-hydroxylation sites is 1. The second-order valence-corrected chi connectivity index (χ2v) is 2.93. The summed E-state index contributed by atoms with van der Waals surface area (Å²) in [6, 6.07) is 5.78. The summed E-state index contributed by atoms with van der Waals surface area (Å²) in [5.74, 6) is 2.84. The lowest BCUT2D eigenvalue weighted by Gasteiger charge is -1.95. The molecule has 0 N–H and O–H groups in total. The lowest BCUT2D eigenvalue weighted by Crippen LogP contribution is -1.93. The lowest BCUT2D eigenvalue weighted by atomic mass is 10.2. The Morgan fingerprint density at radius 3 is 3.21 bits per heavy atom. The fraction of sp³-hybridized carbons (Fsp3) is 0.182. The summed E-state index contributed by atoms with van der Waals surface area (Å²) < 4.78 is 10.4. The van der Waals surface area contributed by atoms with Gasteiger partial charge in [0.15, 0.2) is 12.2 Å². The van der Waals surface area contributed by atoms with Gasteiger partial charge >= 0.3 is 0 Å². The molecule has 0 saturated heterocycles. The Morgan fingerprint density at radius 1 is 1.57 bits per heavy atom. The summed E-state index contributed by atoms with van der Waals surface area (Å²) in [5, 5.41) is 4.66. The van der Waals surface area contributed by atoms with E-state index in [2.05, 4.69) is 11.1 Å². The quantitative estimate of drug-likeness (QED) is 0.676. The van der Waals surface area contributed by atoms with Crippen LogP contribution < -0.4 is 4.74 Å². The summed E-state index contributed by atoms with van der Waals surface area (Å²) >= 11 is 0. The van der Waals surface area contributed by atoms with E-state index in [1.54, 1.807) is 0 Å². The average molecular weight is 187 g/mol. The predicted octanol–water partition coefficient (Wildman–Crippen LogP) is 2.15. The molecule has 0 spiro atoms. The van der Waals surface area contributed by atoms with Gasteiger partial charge in [-0.2, -0.15) is 0 Å². The lowest BCUT2D eigenvalue weighted by molar-refractivity contribution is 0.322. The van der Waals surface area contributed by atoms with Gasteiger partial charge in [-0.1, -0.05) is 18.1 Å². The number of terminal acetylenes is 1. The Bertz CT molecular complexity index is 493. The van der Waals surface area contributed by atoms with E-state index in [4.69, 9.17) is 15.7 Å². The Kier molecular flexibility index (Phi) is 2.11. The molecule has 1 heterocycles. The van der Waals surface area contributed by atoms with Crippen molar-refractivity contribution >= 4 is 11.0 Å². The molecule has 2 rings (SSSR count). The Hall–Kier alpha value is -1.95. The van der Waals surface area contributed by atoms with E-state index in [0.717, 1.165) is 16.5 Å². The zero-order valence-electron chi connectivity index (χ0n) is 7.78. The van der Waals surface area contributed by atoms with Crippen molar-refractivity contribution in [1.82, 2.24) is 5.16 Å². The SMILES string of the molecule is C#CCOc1noc2c(C)cccc12. The van der Waals surface area contributed by atoms with E-state index in [9.17, 15) is 0 Å². The van der Waals surface area contributed by atoms with Gasteiger partial charge in [0.1, 0.15) is 0 Å². The third-order valence-corrected chi connectivity index (χ3v) is 1.95. The van der Waals surface area contributed by atoms with Crippen LogP contribution in [0.5, 0.6) is 5.88 Å². The third kappa shape index (κ3) is 1.31. The van der Waals surface area contributed by atoms with Gasteiger partial charge < -0.3 is 9.26 Å². The zero-order chi connectivity index (χ0) is 9.97. The monoisotopic (exact) mass is 187 g/mol. The van der Waals surface area contributed by atoms with E-state index in [0.29, 0.717) is 5.88 Å². The maximum Gasteiger partial charge on any atom is 0.263 e. The highest BCUT2D eigenvalue weighted by molar-refractivity contribution is 5.84. The largest absolute Gasteiger partial charge is 0.462 e. The first kappa shape index (κ1) is 8.64. The highest BCUT2D eigenvalue weighted by Gasteiger charge is 2.09. The van der Waals surface area contributed by atoms with Crippen molar-refractivity contribution in [3.8, 4) is 18.2 Å². The summed E-state index contributed by atoms with van der Waals surface area (Å²) in [4.78, 5) is 0. The van der Waals surface area contributed by atoms with Crippen LogP contribution in [-0.4, -0.2) is 11.8 Å². The van der Waals surface area contributed by atoms with Crippen molar-refractivity contribution in [2.75, 3.05) is 6.61 Å². The molecular weight excluding hydrogens is 178 g/mol. The summed E-state index contributed by atoms with van der Waals surface area (Å²) in [5.41, 5.74) is 1.78. The Morgan fingerprint density at radius 2 is 2.43 bits per heavy atom. The van der Waals surface area contributed by atoms with E-state index < -0.39 is 0 Å². The number of nitrogens with zero attached hydrogens (tertiary/aromatic N) is 1. The maximum atomic E-state index is 5.22. The molecule has 0 unspecified atom stereocenters. The maximum absolute atomic E-state index is 5.22. The Labute approximate surface area is 81.7 Å². The van der Waals surface area contributed by atoms with Crippen molar-refractivity contribution in [2.45, 2.75) is 6.92 Å². The minimum Gasteiger partial charge on any atom is -0.462 e. The van der Waals surface area contributed by atoms with Crippen LogP contribution in [-0.2, 0) is 0 Å². The molecule has 0 aliphatic heterocycles. The second kappa shape index (κ2) is 3.43. The third-order valence-electron chi connectivity index (χ3n) is 1.95. The molecule has 0 aliphatic carbocycles. The summed E-state index contributed by atoms with van der Waals surface area (Å²) in [7, 11) is 0. The van der Waals surface area contributed by atoms with Crippen LogP contribution in [0.25, 0.3) is 11.0 Å². The van der Waals surface area contributed by atoms with Gasteiger partial charge in [0.25, 0.3) is 5.88 Å². The van der Waals surface area contributed by atoms with Crippen LogP contribution >= 0.6 is 0 Å². The highest BCUT2D eigenvalue weighted by Crippen LogP contribution is 2.26. The molecule has 0 atom stereocenters. The minimum atomic E-state index is 0.204.